The van der Waals surface area contributed by atoms with E-state index in [2.05, 4.69) is 0 Å². The predicted molar refractivity (Wildman–Crippen MR) is 56.7 cm³/mol. The highest BCUT2D eigenvalue weighted by atomic mass is 24.3. The molecule has 2 aromatic rings. The molecule has 0 aliphatic rings. The van der Waals surface area contributed by atoms with Crippen LogP contribution in [-0.4, -0.2) is 34.1 Å². The Bertz CT molecular complexity index is 466. The van der Waals surface area contributed by atoms with Crippen molar-refractivity contribution in [1.82, 2.24) is 0 Å². The van der Waals surface area contributed by atoms with Crippen molar-refractivity contribution < 1.29 is 9.90 Å². The zero-order valence-corrected chi connectivity index (χ0v) is 9.02. The summed E-state index contributed by atoms with van der Waals surface area (Å²) in [6, 6.07) is 12.8. The number of rotatable bonds is 1. The fourth-order valence-electron chi connectivity index (χ4n) is 1.32. The monoisotopic (exact) mass is 196 g/mol. The van der Waals surface area contributed by atoms with Gasteiger partial charge in [-0.1, -0.05) is 30.3 Å². The van der Waals surface area contributed by atoms with Gasteiger partial charge in [-0.3, -0.25) is 0 Å². The number of carboxylic acids is 1. The Kier molecular flexibility index (Phi) is 3.49. The number of hydrogen-bond acceptors (Lipinski definition) is 1. The van der Waals surface area contributed by atoms with Crippen LogP contribution < -0.4 is 0 Å². The molecule has 0 spiro atoms. The second kappa shape index (κ2) is 4.44. The summed E-state index contributed by atoms with van der Waals surface area (Å²) in [5, 5.41) is 10.8. The lowest BCUT2D eigenvalue weighted by Gasteiger charge is -1.98. The summed E-state index contributed by atoms with van der Waals surface area (Å²) in [5.41, 5.74) is 0.332. The molecular weight excluding hydrogens is 188 g/mol. The minimum absolute atomic E-state index is 0. The summed E-state index contributed by atoms with van der Waals surface area (Å²) in [7, 11) is 0. The average molecular weight is 196 g/mol. The molecule has 2 rings (SSSR count). The zero-order chi connectivity index (χ0) is 9.26. The van der Waals surface area contributed by atoms with E-state index in [1.54, 1.807) is 12.1 Å². The Morgan fingerprint density at radius 2 is 1.64 bits per heavy atom. The largest absolute Gasteiger partial charge is 0.478 e. The third-order valence-electron chi connectivity index (χ3n) is 2.00. The number of carboxylic acid groups (broad SMARTS) is 1. The van der Waals surface area contributed by atoms with Crippen LogP contribution in [0, 0.1) is 0 Å². The summed E-state index contributed by atoms with van der Waals surface area (Å²) >= 11 is 0. The van der Waals surface area contributed by atoms with Crippen molar-refractivity contribution in [2.45, 2.75) is 0 Å². The number of carbonyl (C=O) groups is 1. The molecule has 0 bridgehead atoms. The molecule has 0 atom stereocenters. The SMILES string of the molecule is O=C(O)c1ccc2ccccc2c1.[Mg]. The van der Waals surface area contributed by atoms with Crippen LogP contribution in [0.3, 0.4) is 0 Å². The van der Waals surface area contributed by atoms with Crippen molar-refractivity contribution in [3.05, 3.63) is 48.0 Å². The molecule has 0 aliphatic carbocycles. The molecule has 2 aromatic carbocycles. The second-order valence-electron chi connectivity index (χ2n) is 2.87. The van der Waals surface area contributed by atoms with Crippen LogP contribution in [0.1, 0.15) is 10.4 Å². The molecule has 0 saturated heterocycles. The van der Waals surface area contributed by atoms with E-state index < -0.39 is 5.97 Å². The highest BCUT2D eigenvalue weighted by Gasteiger charge is 2.01. The number of fused-ring (bicyclic) bond motifs is 1. The van der Waals surface area contributed by atoms with Crippen molar-refractivity contribution in [2.24, 2.45) is 0 Å². The van der Waals surface area contributed by atoms with Crippen LogP contribution in [0.15, 0.2) is 42.5 Å². The quantitative estimate of drug-likeness (QED) is 0.710. The fourth-order valence-corrected chi connectivity index (χ4v) is 1.32. The van der Waals surface area contributed by atoms with Gasteiger partial charge in [-0.25, -0.2) is 4.79 Å². The summed E-state index contributed by atoms with van der Waals surface area (Å²) in [6.45, 7) is 0. The number of hydrogen-bond donors (Lipinski definition) is 1. The smallest absolute Gasteiger partial charge is 0.335 e. The molecule has 2 nitrogen and oxygen atoms in total. The molecule has 0 amide bonds. The van der Waals surface area contributed by atoms with Crippen molar-refractivity contribution >= 4 is 39.8 Å². The summed E-state index contributed by atoms with van der Waals surface area (Å²) in [4.78, 5) is 10.6. The van der Waals surface area contributed by atoms with E-state index in [9.17, 15) is 4.79 Å². The van der Waals surface area contributed by atoms with Crippen LogP contribution in [0.2, 0.25) is 0 Å². The molecule has 0 unspecified atom stereocenters. The van der Waals surface area contributed by atoms with Crippen LogP contribution in [-0.2, 0) is 0 Å². The Hall–Kier alpha value is -1.06. The van der Waals surface area contributed by atoms with Gasteiger partial charge in [0.2, 0.25) is 0 Å². The van der Waals surface area contributed by atoms with E-state index in [1.807, 2.05) is 30.3 Å². The number of aromatic carboxylic acids is 1. The van der Waals surface area contributed by atoms with E-state index in [0.29, 0.717) is 5.56 Å². The zero-order valence-electron chi connectivity index (χ0n) is 7.60. The van der Waals surface area contributed by atoms with Crippen LogP contribution in [0.25, 0.3) is 10.8 Å². The Morgan fingerprint density at radius 3 is 2.29 bits per heavy atom. The van der Waals surface area contributed by atoms with Crippen LogP contribution >= 0.6 is 0 Å². The lowest BCUT2D eigenvalue weighted by molar-refractivity contribution is 0.0697. The molecule has 2 radical (unpaired) electrons. The Morgan fingerprint density at radius 1 is 1.00 bits per heavy atom. The summed E-state index contributed by atoms with van der Waals surface area (Å²) in [6.07, 6.45) is 0. The topological polar surface area (TPSA) is 37.3 Å². The van der Waals surface area contributed by atoms with Gasteiger partial charge in [0.25, 0.3) is 0 Å². The predicted octanol–water partition coefficient (Wildman–Crippen LogP) is 2.16. The van der Waals surface area contributed by atoms with Gasteiger partial charge in [-0.05, 0) is 22.9 Å². The minimum atomic E-state index is -0.884. The summed E-state index contributed by atoms with van der Waals surface area (Å²) in [5.74, 6) is -0.884. The average Bonchev–Trinajstić information content (AvgIpc) is 2.17. The molecule has 0 aromatic heterocycles. The van der Waals surface area contributed by atoms with E-state index in [0.717, 1.165) is 10.8 Å². The van der Waals surface area contributed by atoms with Gasteiger partial charge in [0, 0.05) is 23.1 Å². The van der Waals surface area contributed by atoms with Gasteiger partial charge in [0.1, 0.15) is 0 Å². The van der Waals surface area contributed by atoms with E-state index >= 15 is 0 Å². The number of benzene rings is 2. The Labute approximate surface area is 97.7 Å². The van der Waals surface area contributed by atoms with E-state index in [4.69, 9.17) is 5.11 Å². The van der Waals surface area contributed by atoms with Crippen molar-refractivity contribution in [3.63, 3.8) is 0 Å². The second-order valence-corrected chi connectivity index (χ2v) is 2.87. The first-order valence-electron chi connectivity index (χ1n) is 3.99. The maximum atomic E-state index is 10.6. The molecule has 66 valence electrons. The minimum Gasteiger partial charge on any atom is -0.478 e. The molecule has 0 aliphatic heterocycles. The first kappa shape index (κ1) is 11.0. The van der Waals surface area contributed by atoms with Gasteiger partial charge in [-0.2, -0.15) is 0 Å². The third kappa shape index (κ3) is 2.05. The van der Waals surface area contributed by atoms with Gasteiger partial charge >= 0.3 is 5.97 Å². The standard InChI is InChI=1S/C11H8O2.Mg/c12-11(13)10-6-5-8-3-1-2-4-9(8)7-10;/h1-7H,(H,12,13);. The molecule has 0 fully saturated rings. The van der Waals surface area contributed by atoms with Crippen molar-refractivity contribution in [3.8, 4) is 0 Å². The molecule has 3 heteroatoms. The lowest BCUT2D eigenvalue weighted by Crippen LogP contribution is -1.94. The van der Waals surface area contributed by atoms with Crippen molar-refractivity contribution in [1.29, 1.82) is 0 Å². The highest BCUT2D eigenvalue weighted by Crippen LogP contribution is 2.15. The Balaban J connectivity index is 0.000000980. The normalized spacial score (nSPS) is 9.43. The van der Waals surface area contributed by atoms with Crippen LogP contribution in [0.5, 0.6) is 0 Å². The van der Waals surface area contributed by atoms with Gasteiger partial charge in [-0.15, -0.1) is 0 Å². The lowest BCUT2D eigenvalue weighted by atomic mass is 10.1. The molecule has 1 N–H and O–H groups in total. The molecule has 14 heavy (non-hydrogen) atoms. The maximum Gasteiger partial charge on any atom is 0.335 e. The van der Waals surface area contributed by atoms with E-state index in [1.165, 1.54) is 0 Å². The van der Waals surface area contributed by atoms with Crippen LogP contribution in [0.4, 0.5) is 0 Å². The first-order valence-corrected chi connectivity index (χ1v) is 3.99. The highest BCUT2D eigenvalue weighted by molar-refractivity contribution is 5.94. The third-order valence-corrected chi connectivity index (χ3v) is 2.00. The van der Waals surface area contributed by atoms with Gasteiger partial charge in [0.15, 0.2) is 0 Å². The van der Waals surface area contributed by atoms with E-state index in [-0.39, 0.29) is 23.1 Å². The van der Waals surface area contributed by atoms with Gasteiger partial charge in [0.05, 0.1) is 5.56 Å². The molecule has 0 saturated carbocycles. The van der Waals surface area contributed by atoms with Gasteiger partial charge < -0.3 is 5.11 Å². The maximum absolute atomic E-state index is 10.6. The van der Waals surface area contributed by atoms with Crippen molar-refractivity contribution in [2.75, 3.05) is 0 Å². The molecule has 0 heterocycles. The summed E-state index contributed by atoms with van der Waals surface area (Å²) < 4.78 is 0. The molecular formula is C11H8MgO2. The first-order chi connectivity index (χ1) is 6.27. The fraction of sp³-hybridized carbons (Fsp3) is 0.